The van der Waals surface area contributed by atoms with Gasteiger partial charge >= 0.3 is 0 Å². The molecule has 1 aliphatic rings. The predicted molar refractivity (Wildman–Crippen MR) is 139 cm³/mol. The minimum absolute atomic E-state index is 0.0661. The van der Waals surface area contributed by atoms with Crippen LogP contribution in [0.5, 0.6) is 0 Å². The van der Waals surface area contributed by atoms with E-state index >= 15 is 0 Å². The molecule has 1 fully saturated rings. The second-order valence-corrected chi connectivity index (χ2v) is 11.0. The first kappa shape index (κ1) is 24.4. The van der Waals surface area contributed by atoms with Crippen molar-refractivity contribution in [3.63, 3.8) is 0 Å². The third kappa shape index (κ3) is 4.29. The lowest BCUT2D eigenvalue weighted by molar-refractivity contribution is 0.0779. The van der Waals surface area contributed by atoms with Crippen LogP contribution in [0, 0.1) is 5.92 Å². The average Bonchev–Trinajstić information content (AvgIpc) is 3.46. The fraction of sp³-hybridized carbons (Fsp3) is 0.185. The van der Waals surface area contributed by atoms with Gasteiger partial charge in [0.2, 0.25) is 0 Å². The molecule has 4 aromatic rings. The zero-order chi connectivity index (χ0) is 26.5. The Balaban J connectivity index is 1.58. The van der Waals surface area contributed by atoms with Gasteiger partial charge in [-0.1, -0.05) is 31.7 Å². The number of nitrogens with two attached hydrogens (primary N) is 1. The lowest BCUT2D eigenvalue weighted by Crippen LogP contribution is -2.30. The van der Waals surface area contributed by atoms with Crippen molar-refractivity contribution >= 4 is 38.3 Å². The van der Waals surface area contributed by atoms with Crippen LogP contribution in [0.4, 0.5) is 0 Å². The number of fused-ring (bicyclic) bond motifs is 1. The highest BCUT2D eigenvalue weighted by atomic mass is 32.2. The van der Waals surface area contributed by atoms with Gasteiger partial charge in [0.1, 0.15) is 5.69 Å². The molecule has 1 aromatic carbocycles. The lowest BCUT2D eigenvalue weighted by Gasteiger charge is -2.18. The third-order valence-electron chi connectivity index (χ3n) is 6.72. The highest BCUT2D eigenvalue weighted by Gasteiger charge is 2.39. The van der Waals surface area contributed by atoms with Gasteiger partial charge in [0.15, 0.2) is 0 Å². The van der Waals surface area contributed by atoms with Crippen molar-refractivity contribution < 1.29 is 18.0 Å². The molecule has 1 aliphatic carbocycles. The number of carbonyl (C=O) groups is 2. The van der Waals surface area contributed by atoms with E-state index in [1.807, 2.05) is 0 Å². The molecule has 0 saturated heterocycles. The Bertz CT molecular complexity index is 1680. The van der Waals surface area contributed by atoms with E-state index in [4.69, 9.17) is 5.73 Å². The van der Waals surface area contributed by atoms with Crippen molar-refractivity contribution in [1.82, 2.24) is 18.8 Å². The van der Waals surface area contributed by atoms with Crippen LogP contribution in [0.1, 0.15) is 45.4 Å². The molecule has 0 aliphatic heterocycles. The molecule has 10 heteroatoms. The largest absolute Gasteiger partial charge is 0.364 e. The van der Waals surface area contributed by atoms with E-state index < -0.39 is 15.9 Å². The Hall–Kier alpha value is -4.31. The van der Waals surface area contributed by atoms with Crippen molar-refractivity contribution in [3.05, 3.63) is 96.2 Å². The van der Waals surface area contributed by atoms with Gasteiger partial charge in [-0.2, -0.15) is 0 Å². The number of benzene rings is 1. The SMILES string of the molecule is C=C(c1cc(C(=O)N(C)[C@H]2C[C@@H]2C)cc(C(N)=O)n1)c1cncc2c1ccn2S(=O)(=O)c1ccccc1. The van der Waals surface area contributed by atoms with Crippen LogP contribution in [-0.2, 0) is 10.0 Å². The van der Waals surface area contributed by atoms with E-state index in [9.17, 15) is 18.0 Å². The predicted octanol–water partition coefficient (Wildman–Crippen LogP) is 3.31. The summed E-state index contributed by atoms with van der Waals surface area (Å²) in [5.41, 5.74) is 7.22. The number of nitrogens with zero attached hydrogens (tertiary/aromatic N) is 4. The number of aromatic nitrogens is 3. The van der Waals surface area contributed by atoms with E-state index in [1.165, 1.54) is 30.6 Å². The topological polar surface area (TPSA) is 128 Å². The summed E-state index contributed by atoms with van der Waals surface area (Å²) >= 11 is 0. The molecule has 2 amide bonds. The molecule has 0 unspecified atom stereocenters. The Morgan fingerprint density at radius 3 is 2.43 bits per heavy atom. The van der Waals surface area contributed by atoms with Gasteiger partial charge in [-0.15, -0.1) is 0 Å². The molecular formula is C27H25N5O4S. The molecule has 0 spiro atoms. The van der Waals surface area contributed by atoms with Gasteiger partial charge in [-0.3, -0.25) is 14.6 Å². The molecule has 2 atom stereocenters. The van der Waals surface area contributed by atoms with Crippen LogP contribution in [0.3, 0.4) is 0 Å². The molecule has 5 rings (SSSR count). The van der Waals surface area contributed by atoms with Crippen LogP contribution < -0.4 is 5.73 Å². The maximum atomic E-state index is 13.3. The Morgan fingerprint density at radius 2 is 1.78 bits per heavy atom. The Labute approximate surface area is 214 Å². The van der Waals surface area contributed by atoms with Crippen LogP contribution in [0.15, 0.2) is 78.6 Å². The van der Waals surface area contributed by atoms with Gasteiger partial charge in [-0.25, -0.2) is 17.4 Å². The summed E-state index contributed by atoms with van der Waals surface area (Å²) in [7, 11) is -2.13. The quantitative estimate of drug-likeness (QED) is 0.402. The zero-order valence-corrected chi connectivity index (χ0v) is 21.1. The third-order valence-corrected chi connectivity index (χ3v) is 8.43. The van der Waals surface area contributed by atoms with Crippen molar-refractivity contribution in [3.8, 4) is 0 Å². The van der Waals surface area contributed by atoms with Gasteiger partial charge in [0, 0.05) is 47.6 Å². The molecule has 0 radical (unpaired) electrons. The summed E-state index contributed by atoms with van der Waals surface area (Å²) in [6, 6.07) is 12.8. The fourth-order valence-corrected chi connectivity index (χ4v) is 5.81. The first-order valence-corrected chi connectivity index (χ1v) is 13.1. The molecule has 37 heavy (non-hydrogen) atoms. The molecule has 1 saturated carbocycles. The van der Waals surface area contributed by atoms with Crippen molar-refractivity contribution in [2.24, 2.45) is 11.7 Å². The minimum atomic E-state index is -3.86. The number of carbonyl (C=O) groups excluding carboxylic acids is 2. The molecular weight excluding hydrogens is 490 g/mol. The van der Waals surface area contributed by atoms with Crippen molar-refractivity contribution in [1.29, 1.82) is 0 Å². The summed E-state index contributed by atoms with van der Waals surface area (Å²) < 4.78 is 27.7. The summed E-state index contributed by atoms with van der Waals surface area (Å²) in [4.78, 5) is 35.6. The lowest BCUT2D eigenvalue weighted by atomic mass is 10.0. The van der Waals surface area contributed by atoms with E-state index in [0.717, 1.165) is 10.4 Å². The monoisotopic (exact) mass is 515 g/mol. The van der Waals surface area contributed by atoms with Crippen LogP contribution in [0.25, 0.3) is 16.5 Å². The van der Waals surface area contributed by atoms with Gasteiger partial charge < -0.3 is 10.6 Å². The van der Waals surface area contributed by atoms with Crippen molar-refractivity contribution in [2.75, 3.05) is 7.05 Å². The standard InChI is InChI=1S/C27H25N5O4S/c1-16-11-24(16)31(3)27(34)18-12-22(30-23(13-18)26(28)33)17(2)21-14-29-15-25-20(21)9-10-32(25)37(35,36)19-7-5-4-6-8-19/h4-10,12-16,24H,2,11H2,1,3H3,(H2,28,33)/t16-,24-/m0/s1. The van der Waals surface area contributed by atoms with Crippen LogP contribution in [-0.4, -0.2) is 52.2 Å². The Morgan fingerprint density at radius 1 is 1.11 bits per heavy atom. The number of primary amides is 1. The minimum Gasteiger partial charge on any atom is -0.364 e. The van der Waals surface area contributed by atoms with E-state index in [0.29, 0.717) is 28.0 Å². The summed E-state index contributed by atoms with van der Waals surface area (Å²) in [5.74, 6) is -0.604. The first-order valence-electron chi connectivity index (χ1n) is 11.6. The highest BCUT2D eigenvalue weighted by molar-refractivity contribution is 7.90. The van der Waals surface area contributed by atoms with Gasteiger partial charge in [0.25, 0.3) is 21.8 Å². The van der Waals surface area contributed by atoms with E-state index in [1.54, 1.807) is 48.5 Å². The normalized spacial score (nSPS) is 16.9. The Kier molecular flexibility index (Phi) is 5.91. The zero-order valence-electron chi connectivity index (χ0n) is 20.3. The molecule has 188 valence electrons. The molecule has 0 bridgehead atoms. The molecule has 2 N–H and O–H groups in total. The van der Waals surface area contributed by atoms with Crippen LogP contribution in [0.2, 0.25) is 0 Å². The molecule has 9 nitrogen and oxygen atoms in total. The second-order valence-electron chi connectivity index (χ2n) is 9.22. The average molecular weight is 516 g/mol. The first-order chi connectivity index (χ1) is 17.6. The second kappa shape index (κ2) is 8.97. The number of amides is 2. The molecule has 3 aromatic heterocycles. The van der Waals surface area contributed by atoms with Crippen molar-refractivity contribution in [2.45, 2.75) is 24.3 Å². The maximum absolute atomic E-state index is 13.3. The molecule has 3 heterocycles. The number of rotatable bonds is 7. The fourth-order valence-electron chi connectivity index (χ4n) is 4.46. The number of hydrogen-bond acceptors (Lipinski definition) is 6. The number of pyridine rings is 2. The highest BCUT2D eigenvalue weighted by Crippen LogP contribution is 2.35. The van der Waals surface area contributed by atoms with E-state index in [-0.39, 0.29) is 33.8 Å². The summed E-state index contributed by atoms with van der Waals surface area (Å²) in [6.45, 7) is 6.21. The van der Waals surface area contributed by atoms with Gasteiger partial charge in [0.05, 0.1) is 22.3 Å². The summed E-state index contributed by atoms with van der Waals surface area (Å²) in [6.07, 6.45) is 5.38. The van der Waals surface area contributed by atoms with Crippen LogP contribution >= 0.6 is 0 Å². The van der Waals surface area contributed by atoms with E-state index in [2.05, 4.69) is 23.5 Å². The van der Waals surface area contributed by atoms with Gasteiger partial charge in [-0.05, 0) is 42.7 Å². The number of hydrogen-bond donors (Lipinski definition) is 1. The summed E-state index contributed by atoms with van der Waals surface area (Å²) in [5, 5.41) is 0.572. The maximum Gasteiger partial charge on any atom is 0.268 e. The smallest absolute Gasteiger partial charge is 0.268 e.